The minimum absolute atomic E-state index is 0.698. The minimum Gasteiger partial charge on any atom is -0.311 e. The molecule has 2 heterocycles. The van der Waals surface area contributed by atoms with Crippen LogP contribution in [0.4, 0.5) is 0 Å². The first kappa shape index (κ1) is 13.0. The number of nitrogens with zero attached hydrogens (tertiary/aromatic N) is 2. The number of nitrogens with one attached hydrogen (secondary N) is 1. The molecule has 1 aromatic heterocycles. The van der Waals surface area contributed by atoms with E-state index in [1.54, 1.807) is 0 Å². The lowest BCUT2D eigenvalue weighted by Gasteiger charge is -2.32. The monoisotopic (exact) mass is 297 g/mol. The van der Waals surface area contributed by atoms with Gasteiger partial charge in [0.25, 0.3) is 0 Å². The van der Waals surface area contributed by atoms with Gasteiger partial charge in [-0.2, -0.15) is 0 Å². The van der Waals surface area contributed by atoms with E-state index in [1.165, 1.54) is 31.4 Å². The van der Waals surface area contributed by atoms with Gasteiger partial charge in [0.2, 0.25) is 0 Å². The highest BCUT2D eigenvalue weighted by Gasteiger charge is 2.17. The average Bonchev–Trinajstić information content (AvgIpc) is 2.32. The quantitative estimate of drug-likeness (QED) is 0.925. The molecule has 1 N–H and O–H groups in total. The fourth-order valence-electron chi connectivity index (χ4n) is 2.34. The van der Waals surface area contributed by atoms with E-state index in [2.05, 4.69) is 44.2 Å². The Balaban J connectivity index is 1.75. The summed E-state index contributed by atoms with van der Waals surface area (Å²) in [6, 6.07) is 2.81. The topological polar surface area (TPSA) is 28.2 Å². The first-order valence-electron chi connectivity index (χ1n) is 6.26. The van der Waals surface area contributed by atoms with E-state index < -0.39 is 0 Å². The van der Waals surface area contributed by atoms with Crippen molar-refractivity contribution in [3.8, 4) is 0 Å². The van der Waals surface area contributed by atoms with Crippen molar-refractivity contribution in [1.29, 1.82) is 0 Å². The van der Waals surface area contributed by atoms with Gasteiger partial charge in [-0.05, 0) is 54.0 Å². The summed E-state index contributed by atoms with van der Waals surface area (Å²) in [5, 5.41) is 3.53. The third kappa shape index (κ3) is 4.05. The van der Waals surface area contributed by atoms with Gasteiger partial charge in [-0.25, -0.2) is 0 Å². The SMILES string of the molecule is CN1CCCCC1CNCc1cncc(Br)c1. The van der Waals surface area contributed by atoms with E-state index in [-0.39, 0.29) is 0 Å². The van der Waals surface area contributed by atoms with Crippen LogP contribution in [0, 0.1) is 0 Å². The predicted molar refractivity (Wildman–Crippen MR) is 73.9 cm³/mol. The average molecular weight is 298 g/mol. The van der Waals surface area contributed by atoms with Crippen LogP contribution in [0.2, 0.25) is 0 Å². The smallest absolute Gasteiger partial charge is 0.0410 e. The van der Waals surface area contributed by atoms with Crippen molar-refractivity contribution in [2.75, 3.05) is 20.1 Å². The summed E-state index contributed by atoms with van der Waals surface area (Å²) in [4.78, 5) is 6.64. The van der Waals surface area contributed by atoms with Gasteiger partial charge in [0, 0.05) is 36.0 Å². The lowest BCUT2D eigenvalue weighted by Crippen LogP contribution is -2.42. The first-order chi connectivity index (χ1) is 8.25. The van der Waals surface area contributed by atoms with Gasteiger partial charge >= 0.3 is 0 Å². The molecule has 0 aromatic carbocycles. The predicted octanol–water partition coefficient (Wildman–Crippen LogP) is 2.42. The fourth-order valence-corrected chi connectivity index (χ4v) is 2.75. The Labute approximate surface area is 112 Å². The van der Waals surface area contributed by atoms with Crippen molar-refractivity contribution in [2.45, 2.75) is 31.8 Å². The molecule has 1 aromatic rings. The zero-order chi connectivity index (χ0) is 12.1. The Bertz CT molecular complexity index is 356. The van der Waals surface area contributed by atoms with Crippen molar-refractivity contribution < 1.29 is 0 Å². The number of piperidine rings is 1. The van der Waals surface area contributed by atoms with Crippen LogP contribution in [0.15, 0.2) is 22.9 Å². The van der Waals surface area contributed by atoms with Gasteiger partial charge in [-0.3, -0.25) is 4.98 Å². The highest BCUT2D eigenvalue weighted by atomic mass is 79.9. The number of likely N-dealkylation sites (N-methyl/N-ethyl adjacent to an activating group) is 1. The van der Waals surface area contributed by atoms with E-state index in [1.807, 2.05) is 12.4 Å². The number of rotatable bonds is 4. The van der Waals surface area contributed by atoms with Crippen molar-refractivity contribution in [3.63, 3.8) is 0 Å². The molecule has 0 saturated carbocycles. The van der Waals surface area contributed by atoms with Gasteiger partial charge in [0.1, 0.15) is 0 Å². The maximum atomic E-state index is 4.17. The van der Waals surface area contributed by atoms with Crippen LogP contribution in [0.5, 0.6) is 0 Å². The summed E-state index contributed by atoms with van der Waals surface area (Å²) in [5.41, 5.74) is 1.23. The van der Waals surface area contributed by atoms with E-state index >= 15 is 0 Å². The molecule has 4 heteroatoms. The maximum absolute atomic E-state index is 4.17. The normalized spacial score (nSPS) is 21.6. The van der Waals surface area contributed by atoms with Gasteiger partial charge < -0.3 is 10.2 Å². The molecule has 94 valence electrons. The van der Waals surface area contributed by atoms with Crippen LogP contribution in [0.3, 0.4) is 0 Å². The number of aromatic nitrogens is 1. The molecule has 0 aliphatic carbocycles. The van der Waals surface area contributed by atoms with Gasteiger partial charge in [-0.1, -0.05) is 6.42 Å². The number of hydrogen-bond donors (Lipinski definition) is 1. The Hall–Kier alpha value is -0.450. The molecule has 0 spiro atoms. The molecule has 1 aliphatic heterocycles. The number of pyridine rings is 1. The van der Waals surface area contributed by atoms with Crippen molar-refractivity contribution in [1.82, 2.24) is 15.2 Å². The highest BCUT2D eigenvalue weighted by molar-refractivity contribution is 9.10. The van der Waals surface area contributed by atoms with Crippen LogP contribution >= 0.6 is 15.9 Å². The molecule has 1 aliphatic rings. The molecule has 0 radical (unpaired) electrons. The molecule has 2 rings (SSSR count). The van der Waals surface area contributed by atoms with Crippen molar-refractivity contribution in [3.05, 3.63) is 28.5 Å². The van der Waals surface area contributed by atoms with E-state index in [4.69, 9.17) is 0 Å². The lowest BCUT2D eigenvalue weighted by molar-refractivity contribution is 0.181. The Morgan fingerprint density at radius 2 is 2.35 bits per heavy atom. The van der Waals surface area contributed by atoms with Crippen LogP contribution in [-0.4, -0.2) is 36.1 Å². The zero-order valence-corrected chi connectivity index (χ0v) is 11.9. The number of hydrogen-bond acceptors (Lipinski definition) is 3. The minimum atomic E-state index is 0.698. The molecular weight excluding hydrogens is 278 g/mol. The largest absolute Gasteiger partial charge is 0.311 e. The second-order valence-corrected chi connectivity index (χ2v) is 5.69. The Morgan fingerprint density at radius 3 is 3.12 bits per heavy atom. The van der Waals surface area contributed by atoms with Crippen LogP contribution in [-0.2, 0) is 6.54 Å². The summed E-state index contributed by atoms with van der Waals surface area (Å²) < 4.78 is 1.05. The van der Waals surface area contributed by atoms with Crippen molar-refractivity contribution in [2.24, 2.45) is 0 Å². The number of halogens is 1. The molecule has 1 unspecified atom stereocenters. The second-order valence-electron chi connectivity index (χ2n) is 4.77. The summed E-state index contributed by atoms with van der Waals surface area (Å²) in [5.74, 6) is 0. The zero-order valence-electron chi connectivity index (χ0n) is 10.3. The summed E-state index contributed by atoms with van der Waals surface area (Å²) in [7, 11) is 2.23. The maximum Gasteiger partial charge on any atom is 0.0410 e. The van der Waals surface area contributed by atoms with E-state index in [0.717, 1.165) is 17.6 Å². The van der Waals surface area contributed by atoms with E-state index in [9.17, 15) is 0 Å². The summed E-state index contributed by atoms with van der Waals surface area (Å²) in [6.45, 7) is 3.21. The van der Waals surface area contributed by atoms with Crippen molar-refractivity contribution >= 4 is 15.9 Å². The Morgan fingerprint density at radius 1 is 1.47 bits per heavy atom. The summed E-state index contributed by atoms with van der Waals surface area (Å²) in [6.07, 6.45) is 7.78. The van der Waals surface area contributed by atoms with Crippen LogP contribution < -0.4 is 5.32 Å². The Kier molecular flexibility index (Phi) is 4.95. The second kappa shape index (κ2) is 6.47. The van der Waals surface area contributed by atoms with Crippen LogP contribution in [0.25, 0.3) is 0 Å². The standard InChI is InChI=1S/C13H20BrN3/c1-17-5-3-2-4-13(17)10-16-8-11-6-12(14)9-15-7-11/h6-7,9,13,16H,2-5,8,10H2,1H3. The highest BCUT2D eigenvalue weighted by Crippen LogP contribution is 2.14. The molecule has 0 amide bonds. The van der Waals surface area contributed by atoms with Gasteiger partial charge in [0.05, 0.1) is 0 Å². The first-order valence-corrected chi connectivity index (χ1v) is 7.05. The molecule has 1 fully saturated rings. The molecule has 3 nitrogen and oxygen atoms in total. The molecule has 1 atom stereocenters. The third-order valence-electron chi connectivity index (χ3n) is 3.39. The lowest BCUT2D eigenvalue weighted by atomic mass is 10.0. The summed E-state index contributed by atoms with van der Waals surface area (Å²) >= 11 is 3.44. The molecule has 0 bridgehead atoms. The number of likely N-dealkylation sites (tertiary alicyclic amines) is 1. The van der Waals surface area contributed by atoms with Crippen LogP contribution in [0.1, 0.15) is 24.8 Å². The molecule has 17 heavy (non-hydrogen) atoms. The van der Waals surface area contributed by atoms with E-state index in [0.29, 0.717) is 6.04 Å². The molecular formula is C13H20BrN3. The fraction of sp³-hybridized carbons (Fsp3) is 0.615. The third-order valence-corrected chi connectivity index (χ3v) is 3.83. The van der Waals surface area contributed by atoms with Gasteiger partial charge in [-0.15, -0.1) is 0 Å². The van der Waals surface area contributed by atoms with Gasteiger partial charge in [0.15, 0.2) is 0 Å². The molecule has 1 saturated heterocycles.